The van der Waals surface area contributed by atoms with Crippen LogP contribution in [-0.4, -0.2) is 70.3 Å². The second-order valence-corrected chi connectivity index (χ2v) is 12.6. The number of nitrogens with one attached hydrogen (secondary N) is 1. The number of aromatic amines is 1. The van der Waals surface area contributed by atoms with Crippen LogP contribution in [0.2, 0.25) is 0 Å². The van der Waals surface area contributed by atoms with Gasteiger partial charge in [0.2, 0.25) is 0 Å². The molecule has 1 aromatic carbocycles. The lowest BCUT2D eigenvalue weighted by Gasteiger charge is -2.44. The molecule has 12 nitrogen and oxygen atoms in total. The van der Waals surface area contributed by atoms with Gasteiger partial charge in [-0.25, -0.2) is 4.98 Å². The maximum absolute atomic E-state index is 12.4. The number of hydrogen-bond acceptors (Lipinski definition) is 12. The van der Waals surface area contributed by atoms with Crippen LogP contribution in [0.15, 0.2) is 35.5 Å². The van der Waals surface area contributed by atoms with Crippen molar-refractivity contribution < 1.29 is 42.9 Å². The number of carbonyl (C=O) groups excluding carboxylic acids is 4. The molecule has 47 heavy (non-hydrogen) atoms. The molecule has 0 spiro atoms. The Labute approximate surface area is 276 Å². The number of rotatable bonds is 8. The van der Waals surface area contributed by atoms with Crippen molar-refractivity contribution in [1.82, 2.24) is 9.97 Å². The third-order valence-corrected chi connectivity index (χ3v) is 9.22. The average Bonchev–Trinajstić information content (AvgIpc) is 3.42. The summed E-state index contributed by atoms with van der Waals surface area (Å²) in [5, 5.41) is 12.0. The third-order valence-electron chi connectivity index (χ3n) is 8.09. The zero-order valence-electron chi connectivity index (χ0n) is 26.7. The zero-order valence-corrected chi connectivity index (χ0v) is 27.5. The molecule has 248 valence electrons. The number of esters is 4. The molecule has 1 saturated heterocycles. The van der Waals surface area contributed by atoms with Gasteiger partial charge in [0.25, 0.3) is 0 Å². The lowest BCUT2D eigenvalue weighted by atomic mass is 9.88. The van der Waals surface area contributed by atoms with Gasteiger partial charge in [-0.1, -0.05) is 42.8 Å². The number of ether oxygens (including phenoxy) is 5. The van der Waals surface area contributed by atoms with Gasteiger partial charge in [0.15, 0.2) is 23.7 Å². The van der Waals surface area contributed by atoms with E-state index in [-0.39, 0.29) is 6.61 Å². The van der Waals surface area contributed by atoms with Crippen LogP contribution in [0.3, 0.4) is 0 Å². The summed E-state index contributed by atoms with van der Waals surface area (Å²) in [6.07, 6.45) is 2.41. The molecule has 2 aliphatic rings. The monoisotopic (exact) mass is 663 g/mol. The van der Waals surface area contributed by atoms with Gasteiger partial charge in [-0.3, -0.25) is 19.2 Å². The van der Waals surface area contributed by atoms with E-state index < -0.39 is 53.7 Å². The Morgan fingerprint density at radius 2 is 1.57 bits per heavy atom. The number of H-pyrrole nitrogens is 1. The smallest absolute Gasteiger partial charge is 0.303 e. The lowest BCUT2D eigenvalue weighted by Crippen LogP contribution is -2.61. The second-order valence-electron chi connectivity index (χ2n) is 11.6. The van der Waals surface area contributed by atoms with Crippen molar-refractivity contribution in [2.75, 3.05) is 6.61 Å². The molecule has 2 aromatic heterocycles. The standard InChI is InChI=1S/C34H37N3O9S/c1-18(38)42-17-28-30(43-19(2)39)31(44-20(3)40)32(45-21(4)41)34(46-28)47-33-24(15-35)29(23-12-7-5-6-8-14-27(23)37-33)25-16-36-26-13-10-9-11-22(25)26/h9-11,13,16,28,30-32,34,36H,5-8,12,14,17H2,1-4H3/t28-,30+,31+,32-,34+/m1/s1. The average molecular weight is 664 g/mol. The third kappa shape index (κ3) is 7.77. The number of pyridine rings is 1. The molecule has 1 N–H and O–H groups in total. The molecule has 1 fully saturated rings. The molecule has 1 aliphatic heterocycles. The molecular weight excluding hydrogens is 626 g/mol. The summed E-state index contributed by atoms with van der Waals surface area (Å²) in [6.45, 7) is 4.40. The first-order chi connectivity index (χ1) is 22.6. The van der Waals surface area contributed by atoms with Crippen LogP contribution < -0.4 is 0 Å². The van der Waals surface area contributed by atoms with Crippen molar-refractivity contribution in [2.24, 2.45) is 0 Å². The Morgan fingerprint density at radius 1 is 0.915 bits per heavy atom. The highest BCUT2D eigenvalue weighted by Crippen LogP contribution is 2.43. The Hall–Kier alpha value is -4.41. The molecule has 0 saturated carbocycles. The zero-order chi connectivity index (χ0) is 33.7. The summed E-state index contributed by atoms with van der Waals surface area (Å²) in [4.78, 5) is 57.0. The van der Waals surface area contributed by atoms with E-state index in [0.29, 0.717) is 17.0 Å². The van der Waals surface area contributed by atoms with Crippen molar-refractivity contribution in [1.29, 1.82) is 5.26 Å². The van der Waals surface area contributed by atoms with E-state index in [1.165, 1.54) is 27.7 Å². The number of aromatic nitrogens is 2. The SMILES string of the molecule is CC(=O)OC[C@H]1O[C@@H](Sc2nc3c(c(-c4c[nH]c5ccccc45)c2C#N)CCCCCC3)[C@H](OC(C)=O)[C@@H](OC(C)=O)[C@H]1OC(C)=O. The summed E-state index contributed by atoms with van der Waals surface area (Å²) in [5.41, 5.74) is 3.69. The quantitative estimate of drug-likeness (QED) is 0.255. The fraction of sp³-hybridized carbons (Fsp3) is 0.471. The van der Waals surface area contributed by atoms with Gasteiger partial charge in [0.05, 0.1) is 5.56 Å². The Morgan fingerprint density at radius 3 is 2.26 bits per heavy atom. The topological polar surface area (TPSA) is 167 Å². The normalized spacial score (nSPS) is 22.6. The fourth-order valence-electron chi connectivity index (χ4n) is 6.23. The molecule has 3 aromatic rings. The van der Waals surface area contributed by atoms with E-state index in [9.17, 15) is 24.4 Å². The van der Waals surface area contributed by atoms with E-state index in [1.807, 2.05) is 30.5 Å². The van der Waals surface area contributed by atoms with E-state index in [4.69, 9.17) is 28.7 Å². The van der Waals surface area contributed by atoms with E-state index in [2.05, 4.69) is 11.1 Å². The molecule has 1 aliphatic carbocycles. The van der Waals surface area contributed by atoms with Gasteiger partial charge in [0, 0.05) is 61.6 Å². The first kappa shape index (κ1) is 33.9. The van der Waals surface area contributed by atoms with E-state index in [0.717, 1.165) is 77.2 Å². The predicted molar refractivity (Wildman–Crippen MR) is 170 cm³/mol. The minimum Gasteiger partial charge on any atom is -0.463 e. The highest BCUT2D eigenvalue weighted by molar-refractivity contribution is 7.99. The van der Waals surface area contributed by atoms with Crippen molar-refractivity contribution in [3.05, 3.63) is 47.3 Å². The minimum atomic E-state index is -1.32. The highest BCUT2D eigenvalue weighted by Gasteiger charge is 2.53. The Balaban J connectivity index is 1.66. The summed E-state index contributed by atoms with van der Waals surface area (Å²) in [6, 6.07) is 10.3. The van der Waals surface area contributed by atoms with Crippen LogP contribution in [-0.2, 0) is 55.7 Å². The minimum absolute atomic E-state index is 0.326. The Bertz CT molecular complexity index is 1710. The van der Waals surface area contributed by atoms with Crippen LogP contribution >= 0.6 is 11.8 Å². The number of nitriles is 1. The van der Waals surface area contributed by atoms with E-state index in [1.54, 1.807) is 0 Å². The number of carbonyl (C=O) groups is 4. The maximum Gasteiger partial charge on any atom is 0.303 e. The second kappa shape index (κ2) is 15.0. The molecule has 0 unspecified atom stereocenters. The van der Waals surface area contributed by atoms with Crippen LogP contribution in [0.5, 0.6) is 0 Å². The maximum atomic E-state index is 12.4. The molecular formula is C34H37N3O9S. The van der Waals surface area contributed by atoms with Crippen molar-refractivity contribution in [3.63, 3.8) is 0 Å². The summed E-state index contributed by atoms with van der Waals surface area (Å²) in [5.74, 6) is -2.74. The predicted octanol–water partition coefficient (Wildman–Crippen LogP) is 4.94. The van der Waals surface area contributed by atoms with E-state index >= 15 is 0 Å². The van der Waals surface area contributed by atoms with Gasteiger partial charge >= 0.3 is 23.9 Å². The summed E-state index contributed by atoms with van der Waals surface area (Å²) < 4.78 is 28.4. The van der Waals surface area contributed by atoms with Crippen molar-refractivity contribution in [3.8, 4) is 17.2 Å². The highest BCUT2D eigenvalue weighted by atomic mass is 32.2. The fourth-order valence-corrected chi connectivity index (χ4v) is 7.42. The molecule has 0 radical (unpaired) electrons. The van der Waals surface area contributed by atoms with Gasteiger partial charge < -0.3 is 28.7 Å². The van der Waals surface area contributed by atoms with Crippen LogP contribution in [0.1, 0.15) is 70.2 Å². The molecule has 5 atom stereocenters. The van der Waals surface area contributed by atoms with Crippen LogP contribution in [0, 0.1) is 11.3 Å². The summed E-state index contributed by atoms with van der Waals surface area (Å²) >= 11 is 1.04. The molecule has 13 heteroatoms. The van der Waals surface area contributed by atoms with Gasteiger partial charge in [-0.2, -0.15) is 5.26 Å². The number of benzene rings is 1. The van der Waals surface area contributed by atoms with Gasteiger partial charge in [-0.15, -0.1) is 0 Å². The molecule has 0 amide bonds. The molecule has 5 rings (SSSR count). The summed E-state index contributed by atoms with van der Waals surface area (Å²) in [7, 11) is 0. The number of para-hydroxylation sites is 1. The number of hydrogen-bond donors (Lipinski definition) is 1. The largest absolute Gasteiger partial charge is 0.463 e. The molecule has 3 heterocycles. The number of aryl methyl sites for hydroxylation is 1. The Kier molecular flexibility index (Phi) is 10.8. The van der Waals surface area contributed by atoms with Crippen molar-refractivity contribution in [2.45, 2.75) is 101 Å². The molecule has 0 bridgehead atoms. The number of fused-ring (bicyclic) bond motifs is 2. The first-order valence-electron chi connectivity index (χ1n) is 15.6. The number of thioether (sulfide) groups is 1. The lowest BCUT2D eigenvalue weighted by molar-refractivity contribution is -0.237. The first-order valence-corrected chi connectivity index (χ1v) is 16.4. The van der Waals surface area contributed by atoms with Crippen LogP contribution in [0.4, 0.5) is 0 Å². The van der Waals surface area contributed by atoms with Crippen LogP contribution in [0.25, 0.3) is 22.0 Å². The van der Waals surface area contributed by atoms with Gasteiger partial charge in [-0.05, 0) is 37.3 Å². The van der Waals surface area contributed by atoms with Crippen molar-refractivity contribution >= 4 is 46.5 Å². The number of nitrogens with zero attached hydrogens (tertiary/aromatic N) is 2. The van der Waals surface area contributed by atoms with Gasteiger partial charge in [0.1, 0.15) is 23.8 Å².